The molecule has 0 saturated heterocycles. The van der Waals surface area contributed by atoms with Crippen molar-refractivity contribution in [3.63, 3.8) is 0 Å². The van der Waals surface area contributed by atoms with E-state index in [0.29, 0.717) is 28.5 Å². The lowest BCUT2D eigenvalue weighted by atomic mass is 9.83. The quantitative estimate of drug-likeness (QED) is 0.430. The number of nitrogens with one attached hydrogen (secondary N) is 1. The van der Waals surface area contributed by atoms with Crippen molar-refractivity contribution in [3.8, 4) is 29.1 Å². The van der Waals surface area contributed by atoms with Gasteiger partial charge in [-0.3, -0.25) is 0 Å². The van der Waals surface area contributed by atoms with Crippen molar-refractivity contribution in [1.82, 2.24) is 19.7 Å². The average Bonchev–Trinajstić information content (AvgIpc) is 3.55. The van der Waals surface area contributed by atoms with Crippen LogP contribution in [0.4, 0.5) is 0 Å². The molecule has 0 fully saturated rings. The highest BCUT2D eigenvalue weighted by Crippen LogP contribution is 2.46. The molecule has 3 aromatic heterocycles. The van der Waals surface area contributed by atoms with Gasteiger partial charge in [0.05, 0.1) is 11.5 Å². The average molecular weight is 434 g/mol. The van der Waals surface area contributed by atoms with Crippen LogP contribution in [-0.4, -0.2) is 19.7 Å². The lowest BCUT2D eigenvalue weighted by molar-refractivity contribution is 0.379. The summed E-state index contributed by atoms with van der Waals surface area (Å²) >= 11 is 0. The molecule has 3 N–H and O–H groups in total. The molecule has 0 amide bonds. The minimum absolute atomic E-state index is 0.0596. The highest BCUT2D eigenvalue weighted by molar-refractivity contribution is 5.83. The number of allylic oxidation sites excluding steroid dienone is 1. The second kappa shape index (κ2) is 7.14. The van der Waals surface area contributed by atoms with Gasteiger partial charge in [-0.25, -0.2) is 10.1 Å². The molecule has 1 atom stereocenters. The number of aromatic amines is 1. The van der Waals surface area contributed by atoms with Crippen molar-refractivity contribution in [3.05, 3.63) is 95.4 Å². The van der Waals surface area contributed by atoms with Crippen molar-refractivity contribution in [2.75, 3.05) is 0 Å². The van der Waals surface area contributed by atoms with Gasteiger partial charge >= 0.3 is 0 Å². The van der Waals surface area contributed by atoms with Gasteiger partial charge in [0.25, 0.3) is 0 Å². The van der Waals surface area contributed by atoms with Gasteiger partial charge in [0.1, 0.15) is 28.7 Å². The molecule has 160 valence electrons. The Morgan fingerprint density at radius 3 is 2.70 bits per heavy atom. The van der Waals surface area contributed by atoms with Crippen LogP contribution in [0.2, 0.25) is 0 Å². The first-order valence-corrected chi connectivity index (χ1v) is 10.4. The second-order valence-electron chi connectivity index (χ2n) is 7.82. The van der Waals surface area contributed by atoms with Crippen LogP contribution in [0, 0.1) is 18.3 Å². The van der Waals surface area contributed by atoms with E-state index >= 15 is 0 Å². The summed E-state index contributed by atoms with van der Waals surface area (Å²) in [5, 5.41) is 18.3. The number of rotatable bonds is 3. The van der Waals surface area contributed by atoms with Crippen LogP contribution in [0.5, 0.6) is 5.88 Å². The lowest BCUT2D eigenvalue weighted by Crippen LogP contribution is -2.21. The first-order valence-electron chi connectivity index (χ1n) is 10.4. The number of aryl methyl sites for hydroxylation is 1. The Labute approximate surface area is 188 Å². The van der Waals surface area contributed by atoms with Crippen LogP contribution in [0.15, 0.2) is 82.9 Å². The standard InChI is InChI=1S/C25H18N6O2/c1-14-28-10-11-31(14)17-8-6-15(7-9-17)21-18(13-26)24(27)33-25-22(21)23(29-30-25)20-12-16-4-2-3-5-19(16)32-20/h2-12,21H,27H2,1H3,(H,29,30). The molecule has 0 radical (unpaired) electrons. The lowest BCUT2D eigenvalue weighted by Gasteiger charge is -2.24. The van der Waals surface area contributed by atoms with Crippen molar-refractivity contribution in [2.45, 2.75) is 12.8 Å². The summed E-state index contributed by atoms with van der Waals surface area (Å²) in [6.45, 7) is 1.95. The molecule has 0 spiro atoms. The van der Waals surface area contributed by atoms with E-state index < -0.39 is 5.92 Å². The first-order chi connectivity index (χ1) is 16.1. The maximum Gasteiger partial charge on any atom is 0.222 e. The highest BCUT2D eigenvalue weighted by atomic mass is 16.5. The number of hydrogen-bond acceptors (Lipinski definition) is 6. The summed E-state index contributed by atoms with van der Waals surface area (Å²) in [5.74, 6) is 1.48. The molecule has 1 aliphatic heterocycles. The Kier molecular flexibility index (Phi) is 4.10. The number of hydrogen-bond donors (Lipinski definition) is 2. The molecule has 0 saturated carbocycles. The van der Waals surface area contributed by atoms with E-state index in [1.54, 1.807) is 6.20 Å². The van der Waals surface area contributed by atoms with Gasteiger partial charge in [0.2, 0.25) is 11.8 Å². The Balaban J connectivity index is 1.50. The van der Waals surface area contributed by atoms with Gasteiger partial charge in [0, 0.05) is 23.5 Å². The molecule has 0 bridgehead atoms. The van der Waals surface area contributed by atoms with E-state index in [1.165, 1.54) is 0 Å². The predicted molar refractivity (Wildman–Crippen MR) is 121 cm³/mol. The summed E-state index contributed by atoms with van der Waals surface area (Å²) in [5.41, 5.74) is 10.4. The number of nitriles is 1. The minimum Gasteiger partial charge on any atom is -0.454 e. The zero-order valence-corrected chi connectivity index (χ0v) is 17.6. The van der Waals surface area contributed by atoms with Gasteiger partial charge in [-0.05, 0) is 36.8 Å². The number of para-hydroxylation sites is 1. The third kappa shape index (κ3) is 2.91. The Bertz CT molecular complexity index is 1550. The fourth-order valence-corrected chi connectivity index (χ4v) is 4.35. The maximum atomic E-state index is 9.94. The van der Waals surface area contributed by atoms with Gasteiger partial charge in [-0.15, -0.1) is 0 Å². The number of H-pyrrole nitrogens is 1. The monoisotopic (exact) mass is 434 g/mol. The van der Waals surface area contributed by atoms with E-state index in [0.717, 1.165) is 28.0 Å². The van der Waals surface area contributed by atoms with Crippen molar-refractivity contribution < 1.29 is 9.15 Å². The molecule has 1 unspecified atom stereocenters. The number of fused-ring (bicyclic) bond motifs is 2. The zero-order chi connectivity index (χ0) is 22.5. The SMILES string of the molecule is Cc1nccn1-c1ccc(C2C(C#N)=C(N)Oc3[nH]nc(-c4cc5ccccc5o4)c32)cc1. The summed E-state index contributed by atoms with van der Waals surface area (Å²) in [7, 11) is 0. The van der Waals surface area contributed by atoms with Crippen molar-refractivity contribution in [1.29, 1.82) is 5.26 Å². The molecule has 8 heteroatoms. The van der Waals surface area contributed by atoms with Gasteiger partial charge < -0.3 is 19.5 Å². The third-order valence-electron chi connectivity index (χ3n) is 5.93. The number of furan rings is 1. The van der Waals surface area contributed by atoms with E-state index in [4.69, 9.17) is 14.9 Å². The molecule has 0 aliphatic carbocycles. The molecule has 6 rings (SSSR count). The van der Waals surface area contributed by atoms with Gasteiger partial charge in [-0.2, -0.15) is 10.4 Å². The molecule has 5 aromatic rings. The fraction of sp³-hybridized carbons (Fsp3) is 0.0800. The number of nitrogens with zero attached hydrogens (tertiary/aromatic N) is 4. The van der Waals surface area contributed by atoms with Crippen molar-refractivity contribution >= 4 is 11.0 Å². The topological polar surface area (TPSA) is 119 Å². The summed E-state index contributed by atoms with van der Waals surface area (Å²) in [6.07, 6.45) is 3.67. The molecule has 8 nitrogen and oxygen atoms in total. The first kappa shape index (κ1) is 19.0. The molecular formula is C25H18N6O2. The van der Waals surface area contributed by atoms with Gasteiger partial charge in [0.15, 0.2) is 5.76 Å². The Morgan fingerprint density at radius 1 is 1.15 bits per heavy atom. The fourth-order valence-electron chi connectivity index (χ4n) is 4.35. The number of aromatic nitrogens is 4. The van der Waals surface area contributed by atoms with Crippen LogP contribution in [0.1, 0.15) is 22.9 Å². The smallest absolute Gasteiger partial charge is 0.222 e. The largest absolute Gasteiger partial charge is 0.454 e. The third-order valence-corrected chi connectivity index (χ3v) is 5.93. The van der Waals surface area contributed by atoms with Crippen LogP contribution in [-0.2, 0) is 0 Å². The molecule has 4 heterocycles. The van der Waals surface area contributed by atoms with Crippen LogP contribution in [0.3, 0.4) is 0 Å². The predicted octanol–water partition coefficient (Wildman–Crippen LogP) is 4.54. The number of imidazole rings is 1. The van der Waals surface area contributed by atoms with E-state index in [-0.39, 0.29) is 5.88 Å². The number of benzene rings is 2. The summed E-state index contributed by atoms with van der Waals surface area (Å²) < 4.78 is 13.8. The van der Waals surface area contributed by atoms with E-state index in [2.05, 4.69) is 21.3 Å². The summed E-state index contributed by atoms with van der Waals surface area (Å²) in [4.78, 5) is 4.28. The molecule has 2 aromatic carbocycles. The second-order valence-corrected chi connectivity index (χ2v) is 7.82. The minimum atomic E-state index is -0.460. The molecule has 33 heavy (non-hydrogen) atoms. The maximum absolute atomic E-state index is 9.94. The number of nitrogens with two attached hydrogens (primary N) is 1. The van der Waals surface area contributed by atoms with Crippen LogP contribution < -0.4 is 10.5 Å². The van der Waals surface area contributed by atoms with E-state index in [1.807, 2.05) is 72.3 Å². The van der Waals surface area contributed by atoms with E-state index in [9.17, 15) is 5.26 Å². The Hall–Kier alpha value is -4.77. The normalized spacial score (nSPS) is 15.3. The molecular weight excluding hydrogens is 416 g/mol. The van der Waals surface area contributed by atoms with Crippen molar-refractivity contribution in [2.24, 2.45) is 5.73 Å². The van der Waals surface area contributed by atoms with Crippen LogP contribution >= 0.6 is 0 Å². The molecule has 1 aliphatic rings. The van der Waals surface area contributed by atoms with Gasteiger partial charge in [-0.1, -0.05) is 30.3 Å². The highest BCUT2D eigenvalue weighted by Gasteiger charge is 2.36. The number of ether oxygens (including phenoxy) is 1. The summed E-state index contributed by atoms with van der Waals surface area (Å²) in [6, 6.07) is 19.9. The van der Waals surface area contributed by atoms with Crippen LogP contribution in [0.25, 0.3) is 28.1 Å². The zero-order valence-electron chi connectivity index (χ0n) is 17.6. The Morgan fingerprint density at radius 2 is 1.97 bits per heavy atom.